The Kier molecular flexibility index (Phi) is 3.49. The molecule has 7 heteroatoms. The lowest BCUT2D eigenvalue weighted by Gasteiger charge is -2.44. The summed E-state index contributed by atoms with van der Waals surface area (Å²) in [6.45, 7) is 7.20. The molecule has 3 atom stereocenters. The van der Waals surface area contributed by atoms with Crippen LogP contribution < -0.4 is 0 Å². The lowest BCUT2D eigenvalue weighted by Crippen LogP contribution is -2.66. The summed E-state index contributed by atoms with van der Waals surface area (Å²) in [5, 5.41) is 9.56. The van der Waals surface area contributed by atoms with Crippen LogP contribution in [0.2, 0.25) is 0 Å². The molecule has 1 saturated heterocycles. The van der Waals surface area contributed by atoms with E-state index in [1.165, 1.54) is 16.7 Å². The quantitative estimate of drug-likeness (QED) is 0.467. The number of amides is 1. The summed E-state index contributed by atoms with van der Waals surface area (Å²) in [4.78, 5) is 28.6. The third-order valence-corrected chi connectivity index (χ3v) is 4.39. The van der Waals surface area contributed by atoms with E-state index in [1.54, 1.807) is 6.08 Å². The predicted octanol–water partition coefficient (Wildman–Crippen LogP) is 1.10. The molecule has 0 aromatic rings. The molecule has 0 spiro atoms. The molecule has 0 aromatic carbocycles. The molecule has 0 bridgehead atoms. The van der Waals surface area contributed by atoms with Crippen LogP contribution in [0.5, 0.6) is 0 Å². The van der Waals surface area contributed by atoms with Crippen LogP contribution in [0.1, 0.15) is 0 Å². The van der Waals surface area contributed by atoms with Gasteiger partial charge in [-0.3, -0.25) is 9.79 Å². The lowest BCUT2D eigenvalue weighted by atomic mass is 10.00. The van der Waals surface area contributed by atoms with E-state index < -0.39 is 18.1 Å². The highest BCUT2D eigenvalue weighted by molar-refractivity contribution is 8.15. The number of β-lactam (4-membered cyclic amide) rings is 1. The molecule has 0 saturated carbocycles. The first-order chi connectivity index (χ1) is 8.51. The second kappa shape index (κ2) is 4.78. The summed E-state index contributed by atoms with van der Waals surface area (Å²) in [7, 11) is 0. The Labute approximate surface area is 113 Å². The highest BCUT2D eigenvalue weighted by atomic mass is 35.5. The van der Waals surface area contributed by atoms with Crippen molar-refractivity contribution in [2.24, 2.45) is 4.99 Å². The summed E-state index contributed by atoms with van der Waals surface area (Å²) in [5.74, 6) is -1.43. The molecular formula is C11H11ClN2O3S. The molecule has 1 fully saturated rings. The Morgan fingerprint density at radius 3 is 2.89 bits per heavy atom. The number of halogens is 1. The Balaban J connectivity index is 2.21. The number of carboxylic acid groups (broad SMARTS) is 1. The zero-order chi connectivity index (χ0) is 13.4. The van der Waals surface area contributed by atoms with E-state index in [0.29, 0.717) is 10.6 Å². The fourth-order valence-corrected chi connectivity index (χ4v) is 3.25. The molecule has 1 amide bonds. The molecule has 2 heterocycles. The molecule has 5 nitrogen and oxygen atoms in total. The summed E-state index contributed by atoms with van der Waals surface area (Å²) in [6.07, 6.45) is 1.56. The first-order valence-corrected chi connectivity index (χ1v) is 6.58. The van der Waals surface area contributed by atoms with Crippen LogP contribution in [-0.2, 0) is 9.59 Å². The highest BCUT2D eigenvalue weighted by Gasteiger charge is 2.56. The van der Waals surface area contributed by atoms with Gasteiger partial charge >= 0.3 is 5.97 Å². The maximum absolute atomic E-state index is 11.9. The van der Waals surface area contributed by atoms with Crippen LogP contribution in [-0.4, -0.2) is 50.3 Å². The normalized spacial score (nSPS) is 27.1. The molecule has 3 unspecified atom stereocenters. The second-order valence-electron chi connectivity index (χ2n) is 3.90. The van der Waals surface area contributed by atoms with Crippen molar-refractivity contribution in [2.45, 2.75) is 17.5 Å². The van der Waals surface area contributed by atoms with Crippen molar-refractivity contribution in [1.29, 1.82) is 0 Å². The van der Waals surface area contributed by atoms with Crippen molar-refractivity contribution in [3.63, 3.8) is 0 Å². The monoisotopic (exact) mass is 286 g/mol. The summed E-state index contributed by atoms with van der Waals surface area (Å²) in [5.41, 5.74) is 0.295. The molecule has 0 aliphatic carbocycles. The Bertz CT molecular complexity index is 477. The zero-order valence-electron chi connectivity index (χ0n) is 9.38. The van der Waals surface area contributed by atoms with E-state index in [0.717, 1.165) is 0 Å². The minimum Gasteiger partial charge on any atom is -0.479 e. The van der Waals surface area contributed by atoms with Crippen molar-refractivity contribution in [3.8, 4) is 0 Å². The van der Waals surface area contributed by atoms with Gasteiger partial charge < -0.3 is 10.0 Å². The van der Waals surface area contributed by atoms with Gasteiger partial charge in [0.05, 0.1) is 5.04 Å². The Morgan fingerprint density at radius 1 is 1.72 bits per heavy atom. The van der Waals surface area contributed by atoms with Crippen molar-refractivity contribution < 1.29 is 14.7 Å². The van der Waals surface area contributed by atoms with Crippen molar-refractivity contribution in [3.05, 3.63) is 24.8 Å². The van der Waals surface area contributed by atoms with Crippen LogP contribution in [0, 0.1) is 0 Å². The average Bonchev–Trinajstić information content (AvgIpc) is 2.73. The van der Waals surface area contributed by atoms with Crippen LogP contribution in [0.4, 0.5) is 0 Å². The van der Waals surface area contributed by atoms with E-state index in [1.807, 2.05) is 0 Å². The number of likely N-dealkylation sites (tertiary alicyclic amines) is 1. The summed E-state index contributed by atoms with van der Waals surface area (Å²) >= 11 is 6.95. The van der Waals surface area contributed by atoms with Crippen LogP contribution >= 0.6 is 23.4 Å². The zero-order valence-corrected chi connectivity index (χ0v) is 10.9. The van der Waals surface area contributed by atoms with Gasteiger partial charge in [-0.2, -0.15) is 0 Å². The van der Waals surface area contributed by atoms with Gasteiger partial charge in [-0.05, 0) is 11.6 Å². The average molecular weight is 287 g/mol. The maximum atomic E-state index is 11.9. The van der Waals surface area contributed by atoms with Gasteiger partial charge in [-0.25, -0.2) is 4.79 Å². The molecule has 2 aliphatic rings. The summed E-state index contributed by atoms with van der Waals surface area (Å²) in [6, 6.07) is -1.57. The fourth-order valence-electron chi connectivity index (χ4n) is 1.94. The molecule has 18 heavy (non-hydrogen) atoms. The number of rotatable bonds is 5. The largest absolute Gasteiger partial charge is 0.479 e. The molecule has 2 aliphatic heterocycles. The van der Waals surface area contributed by atoms with Gasteiger partial charge in [-0.15, -0.1) is 11.6 Å². The van der Waals surface area contributed by atoms with Gasteiger partial charge in [0.15, 0.2) is 12.1 Å². The molecule has 0 aromatic heterocycles. The number of carbonyl (C=O) groups excluding carboxylic acids is 1. The number of hydrogen-bond donors (Lipinski definition) is 1. The molecule has 2 rings (SSSR count). The van der Waals surface area contributed by atoms with Gasteiger partial charge in [0.2, 0.25) is 0 Å². The number of aliphatic carboxylic acids is 1. The molecule has 1 N–H and O–H groups in total. The number of thioether (sulfide) groups is 1. The van der Waals surface area contributed by atoms with Crippen LogP contribution in [0.3, 0.4) is 0 Å². The van der Waals surface area contributed by atoms with E-state index in [4.69, 9.17) is 11.6 Å². The number of hydrogen-bond acceptors (Lipinski definition) is 4. The van der Waals surface area contributed by atoms with E-state index in [9.17, 15) is 14.7 Å². The van der Waals surface area contributed by atoms with Gasteiger partial charge in [0, 0.05) is 5.88 Å². The minimum absolute atomic E-state index is 0.00201. The van der Waals surface area contributed by atoms with E-state index in [-0.39, 0.29) is 17.2 Å². The smallest absolute Gasteiger partial charge is 0.330 e. The first-order valence-electron chi connectivity index (χ1n) is 5.16. The van der Waals surface area contributed by atoms with Gasteiger partial charge in [0.1, 0.15) is 5.37 Å². The van der Waals surface area contributed by atoms with E-state index >= 15 is 0 Å². The standard InChI is InChI=1S/C11H11ClN2O3S/c1-3-6-13-7-9(15)14(10(7)18-6)8(11(16)17)5(2)4-12/h3,7-8,10H,1-2,4H2,(H,16,17). The third-order valence-electron chi connectivity index (χ3n) is 2.80. The van der Waals surface area contributed by atoms with E-state index in [2.05, 4.69) is 18.2 Å². The second-order valence-corrected chi connectivity index (χ2v) is 5.31. The Morgan fingerprint density at radius 2 is 2.39 bits per heavy atom. The number of carbonyl (C=O) groups is 2. The number of carboxylic acids is 1. The maximum Gasteiger partial charge on any atom is 0.330 e. The van der Waals surface area contributed by atoms with Crippen LogP contribution in [0.15, 0.2) is 29.8 Å². The topological polar surface area (TPSA) is 70.0 Å². The third kappa shape index (κ3) is 1.85. The predicted molar refractivity (Wildman–Crippen MR) is 70.9 cm³/mol. The number of alkyl halides is 1. The number of fused-ring (bicyclic) bond motifs is 1. The fraction of sp³-hybridized carbons (Fsp3) is 0.364. The van der Waals surface area contributed by atoms with Crippen molar-refractivity contribution >= 4 is 40.3 Å². The highest BCUT2D eigenvalue weighted by Crippen LogP contribution is 2.41. The Hall–Kier alpha value is -1.27. The minimum atomic E-state index is -1.12. The first kappa shape index (κ1) is 13.2. The SMILES string of the molecule is C=CC1=NC2C(=O)N(C(C(=C)CCl)C(=O)O)C2S1. The van der Waals surface area contributed by atoms with Gasteiger partial charge in [-0.1, -0.05) is 24.9 Å². The molecule has 96 valence electrons. The van der Waals surface area contributed by atoms with Crippen molar-refractivity contribution in [1.82, 2.24) is 4.90 Å². The van der Waals surface area contributed by atoms with Gasteiger partial charge in [0.25, 0.3) is 5.91 Å². The lowest BCUT2D eigenvalue weighted by molar-refractivity contribution is -0.157. The van der Waals surface area contributed by atoms with Crippen LogP contribution in [0.25, 0.3) is 0 Å². The summed E-state index contributed by atoms with van der Waals surface area (Å²) < 4.78 is 0. The molecule has 0 radical (unpaired) electrons. The number of aliphatic imine (C=N–C) groups is 1. The van der Waals surface area contributed by atoms with Crippen molar-refractivity contribution in [2.75, 3.05) is 5.88 Å². The molecular weight excluding hydrogens is 276 g/mol. The number of nitrogens with zero attached hydrogens (tertiary/aromatic N) is 2.